The molecule has 1 saturated carbocycles. The SMILES string of the molecule is Cl.N[C@H](c1ccc(O)c2ccccc12)C1CCCC1. The number of phenols is 1. The Bertz CT molecular complexity index is 564. The smallest absolute Gasteiger partial charge is 0.123 e. The van der Waals surface area contributed by atoms with Gasteiger partial charge in [-0.2, -0.15) is 0 Å². The summed E-state index contributed by atoms with van der Waals surface area (Å²) in [6, 6.07) is 11.8. The molecule has 0 amide bonds. The largest absolute Gasteiger partial charge is 0.507 e. The number of hydrogen-bond acceptors (Lipinski definition) is 2. The van der Waals surface area contributed by atoms with Crippen LogP contribution >= 0.6 is 12.4 Å². The van der Waals surface area contributed by atoms with Crippen molar-refractivity contribution in [3.05, 3.63) is 42.0 Å². The Morgan fingerprint density at radius 3 is 2.32 bits per heavy atom. The van der Waals surface area contributed by atoms with Crippen molar-refractivity contribution in [3.8, 4) is 5.75 Å². The Hall–Kier alpha value is -1.25. The third kappa shape index (κ3) is 2.56. The molecule has 1 atom stereocenters. The van der Waals surface area contributed by atoms with Gasteiger partial charge in [-0.05, 0) is 35.8 Å². The van der Waals surface area contributed by atoms with Crippen LogP contribution in [0.3, 0.4) is 0 Å². The van der Waals surface area contributed by atoms with E-state index in [1.54, 1.807) is 6.07 Å². The molecule has 102 valence electrons. The normalized spacial score (nSPS) is 17.3. The Kier molecular flexibility index (Phi) is 4.33. The van der Waals surface area contributed by atoms with Gasteiger partial charge < -0.3 is 10.8 Å². The number of rotatable bonds is 2. The number of phenolic OH excluding ortho intramolecular Hbond substituents is 1. The summed E-state index contributed by atoms with van der Waals surface area (Å²) in [5, 5.41) is 11.9. The third-order valence-corrected chi connectivity index (χ3v) is 4.20. The van der Waals surface area contributed by atoms with Crippen LogP contribution in [0.5, 0.6) is 5.75 Å². The fourth-order valence-electron chi connectivity index (χ4n) is 3.17. The van der Waals surface area contributed by atoms with Crippen LogP contribution in [0.1, 0.15) is 37.3 Å². The highest BCUT2D eigenvalue weighted by molar-refractivity contribution is 5.91. The van der Waals surface area contributed by atoms with Crippen LogP contribution in [0.15, 0.2) is 36.4 Å². The molecule has 1 aliphatic carbocycles. The van der Waals surface area contributed by atoms with Crippen molar-refractivity contribution < 1.29 is 5.11 Å². The minimum Gasteiger partial charge on any atom is -0.507 e. The molecule has 0 aromatic heterocycles. The summed E-state index contributed by atoms with van der Waals surface area (Å²) in [5.41, 5.74) is 7.61. The number of benzene rings is 2. The van der Waals surface area contributed by atoms with Crippen molar-refractivity contribution in [2.45, 2.75) is 31.7 Å². The first-order valence-electron chi connectivity index (χ1n) is 6.73. The number of fused-ring (bicyclic) bond motifs is 1. The van der Waals surface area contributed by atoms with Gasteiger partial charge in [0.2, 0.25) is 0 Å². The van der Waals surface area contributed by atoms with E-state index >= 15 is 0 Å². The first-order valence-corrected chi connectivity index (χ1v) is 6.73. The van der Waals surface area contributed by atoms with Crippen LogP contribution < -0.4 is 5.73 Å². The van der Waals surface area contributed by atoms with Crippen molar-refractivity contribution in [2.75, 3.05) is 0 Å². The molecule has 0 heterocycles. The van der Waals surface area contributed by atoms with Crippen molar-refractivity contribution in [1.29, 1.82) is 0 Å². The molecule has 2 aromatic rings. The average Bonchev–Trinajstić information content (AvgIpc) is 2.93. The molecule has 0 unspecified atom stereocenters. The summed E-state index contributed by atoms with van der Waals surface area (Å²) >= 11 is 0. The molecular formula is C16H20ClNO. The maximum Gasteiger partial charge on any atom is 0.123 e. The molecule has 3 rings (SSSR count). The van der Waals surface area contributed by atoms with E-state index in [2.05, 4.69) is 6.07 Å². The Morgan fingerprint density at radius 1 is 1.00 bits per heavy atom. The monoisotopic (exact) mass is 277 g/mol. The number of halogens is 1. The lowest BCUT2D eigenvalue weighted by molar-refractivity contribution is 0.446. The first-order chi connectivity index (χ1) is 8.77. The van der Waals surface area contributed by atoms with Gasteiger partial charge >= 0.3 is 0 Å². The number of aromatic hydroxyl groups is 1. The number of hydrogen-bond donors (Lipinski definition) is 2. The highest BCUT2D eigenvalue weighted by atomic mass is 35.5. The lowest BCUT2D eigenvalue weighted by Gasteiger charge is -2.21. The van der Waals surface area contributed by atoms with E-state index in [1.165, 1.54) is 31.2 Å². The zero-order valence-electron chi connectivity index (χ0n) is 10.9. The summed E-state index contributed by atoms with van der Waals surface area (Å²) in [4.78, 5) is 0. The fraction of sp³-hybridized carbons (Fsp3) is 0.375. The number of nitrogens with two attached hydrogens (primary N) is 1. The fourth-order valence-corrected chi connectivity index (χ4v) is 3.17. The van der Waals surface area contributed by atoms with Gasteiger partial charge in [-0.3, -0.25) is 0 Å². The van der Waals surface area contributed by atoms with Gasteiger partial charge in [0, 0.05) is 11.4 Å². The van der Waals surface area contributed by atoms with E-state index in [0.29, 0.717) is 11.7 Å². The topological polar surface area (TPSA) is 46.2 Å². The second kappa shape index (κ2) is 5.81. The van der Waals surface area contributed by atoms with Gasteiger partial charge in [-0.15, -0.1) is 12.4 Å². The summed E-state index contributed by atoms with van der Waals surface area (Å²) in [7, 11) is 0. The Labute approximate surface area is 120 Å². The van der Waals surface area contributed by atoms with Crippen LogP contribution in [0.2, 0.25) is 0 Å². The molecule has 3 N–H and O–H groups in total. The molecule has 3 heteroatoms. The van der Waals surface area contributed by atoms with E-state index in [9.17, 15) is 5.11 Å². The van der Waals surface area contributed by atoms with Crippen LogP contribution in [-0.4, -0.2) is 5.11 Å². The van der Waals surface area contributed by atoms with Crippen LogP contribution in [-0.2, 0) is 0 Å². The van der Waals surface area contributed by atoms with E-state index < -0.39 is 0 Å². The lowest BCUT2D eigenvalue weighted by Crippen LogP contribution is -2.19. The molecule has 2 aromatic carbocycles. The van der Waals surface area contributed by atoms with Crippen LogP contribution in [0.25, 0.3) is 10.8 Å². The quantitative estimate of drug-likeness (QED) is 0.866. The highest BCUT2D eigenvalue weighted by Gasteiger charge is 2.24. The lowest BCUT2D eigenvalue weighted by atomic mass is 9.89. The molecule has 0 saturated heterocycles. The van der Waals surface area contributed by atoms with E-state index in [1.807, 2.05) is 24.3 Å². The molecule has 1 aliphatic rings. The molecule has 1 fully saturated rings. The second-order valence-corrected chi connectivity index (χ2v) is 5.29. The molecule has 0 bridgehead atoms. The minimum atomic E-state index is 0. The summed E-state index contributed by atoms with van der Waals surface area (Å²) in [6.45, 7) is 0. The summed E-state index contributed by atoms with van der Waals surface area (Å²) < 4.78 is 0. The second-order valence-electron chi connectivity index (χ2n) is 5.29. The van der Waals surface area contributed by atoms with Gasteiger partial charge in [0.1, 0.15) is 5.75 Å². The van der Waals surface area contributed by atoms with Crippen molar-refractivity contribution in [2.24, 2.45) is 11.7 Å². The minimum absolute atomic E-state index is 0. The van der Waals surface area contributed by atoms with Gasteiger partial charge in [0.05, 0.1) is 0 Å². The van der Waals surface area contributed by atoms with Crippen molar-refractivity contribution in [3.63, 3.8) is 0 Å². The maximum atomic E-state index is 9.90. The highest BCUT2D eigenvalue weighted by Crippen LogP contribution is 2.38. The molecule has 2 nitrogen and oxygen atoms in total. The third-order valence-electron chi connectivity index (χ3n) is 4.20. The Balaban J connectivity index is 0.00000133. The molecule has 0 spiro atoms. The zero-order chi connectivity index (χ0) is 12.5. The van der Waals surface area contributed by atoms with Crippen molar-refractivity contribution >= 4 is 23.2 Å². The van der Waals surface area contributed by atoms with Crippen molar-refractivity contribution in [1.82, 2.24) is 0 Å². The predicted molar refractivity (Wildman–Crippen MR) is 81.7 cm³/mol. The predicted octanol–water partition coefficient (Wildman–Crippen LogP) is 4.16. The van der Waals surface area contributed by atoms with Crippen LogP contribution in [0, 0.1) is 5.92 Å². The summed E-state index contributed by atoms with van der Waals surface area (Å²) in [6.07, 6.45) is 5.06. The zero-order valence-corrected chi connectivity index (χ0v) is 11.7. The van der Waals surface area contributed by atoms with Gasteiger partial charge in [-0.25, -0.2) is 0 Å². The molecule has 19 heavy (non-hydrogen) atoms. The molecule has 0 radical (unpaired) electrons. The first kappa shape index (κ1) is 14.2. The standard InChI is InChI=1S/C16H19NO.ClH/c17-16(11-5-1-2-6-11)14-9-10-15(18)13-8-4-3-7-12(13)14;/h3-4,7-11,16,18H,1-2,5-6,17H2;1H/t16-;/m0./s1. The summed E-state index contributed by atoms with van der Waals surface area (Å²) in [5.74, 6) is 0.936. The van der Waals surface area contributed by atoms with E-state index in [0.717, 1.165) is 10.8 Å². The Morgan fingerprint density at radius 2 is 1.63 bits per heavy atom. The van der Waals surface area contributed by atoms with E-state index in [-0.39, 0.29) is 18.4 Å². The van der Waals surface area contributed by atoms with E-state index in [4.69, 9.17) is 5.73 Å². The molecule has 0 aliphatic heterocycles. The van der Waals surface area contributed by atoms with Gasteiger partial charge in [0.15, 0.2) is 0 Å². The van der Waals surface area contributed by atoms with Gasteiger partial charge in [0.25, 0.3) is 0 Å². The molecular weight excluding hydrogens is 258 g/mol. The van der Waals surface area contributed by atoms with Gasteiger partial charge in [-0.1, -0.05) is 43.2 Å². The van der Waals surface area contributed by atoms with Crippen LogP contribution in [0.4, 0.5) is 0 Å². The maximum absolute atomic E-state index is 9.90. The average molecular weight is 278 g/mol.